The molecule has 1 saturated heterocycles. The minimum atomic E-state index is -3.43. The summed E-state index contributed by atoms with van der Waals surface area (Å²) in [6.07, 6.45) is 5.01. The van der Waals surface area contributed by atoms with Crippen LogP contribution in [0.15, 0.2) is 28.3 Å². The van der Waals surface area contributed by atoms with Crippen LogP contribution < -0.4 is 0 Å². The molecule has 3 aliphatic heterocycles. The average Bonchev–Trinajstić information content (AvgIpc) is 2.89. The Hall–Kier alpha value is -2.16. The van der Waals surface area contributed by atoms with Gasteiger partial charge in [0.15, 0.2) is 0 Å². The second kappa shape index (κ2) is 5.19. The fraction of sp³-hybridized carbons (Fsp3) is 0.500. The fourth-order valence-electron chi connectivity index (χ4n) is 2.82. The molecule has 1 N–H and O–H groups in total. The van der Waals surface area contributed by atoms with E-state index in [1.54, 1.807) is 18.0 Å². The van der Waals surface area contributed by atoms with Gasteiger partial charge in [0.1, 0.15) is 5.84 Å². The third kappa shape index (κ3) is 2.88. The van der Waals surface area contributed by atoms with Crippen LogP contribution in [0, 0.1) is 5.41 Å². The minimum Gasteiger partial charge on any atom is -0.481 e. The van der Waals surface area contributed by atoms with Crippen molar-refractivity contribution in [3.8, 4) is 0 Å². The van der Waals surface area contributed by atoms with Gasteiger partial charge >= 0.3 is 5.97 Å². The monoisotopic (exact) mass is 339 g/mol. The molecule has 23 heavy (non-hydrogen) atoms. The molecule has 1 unspecified atom stereocenters. The molecule has 0 bridgehead atoms. The molecule has 1 amide bonds. The number of likely N-dealkylation sites (tertiary alicyclic amines) is 1. The van der Waals surface area contributed by atoms with Crippen molar-refractivity contribution >= 4 is 27.7 Å². The van der Waals surface area contributed by atoms with Gasteiger partial charge in [0, 0.05) is 25.8 Å². The largest absolute Gasteiger partial charge is 0.481 e. The average molecular weight is 339 g/mol. The first-order valence-corrected chi connectivity index (χ1v) is 8.83. The van der Waals surface area contributed by atoms with Crippen LogP contribution >= 0.6 is 0 Å². The minimum absolute atomic E-state index is 0.0941. The standard InChI is InChI=1S/C14H17N3O5S/c1-14(13(19)20)4-5-17(9-14)12(18)10-2-3-11-15-23(21,22)7-6-16(11)8-10/h2-3,8H,4-7,9H2,1H3,(H,19,20). The number of amidine groups is 1. The molecule has 124 valence electrons. The SMILES string of the molecule is CC1(C(=O)O)CCN(C(=O)C2=CN3CCS(=O)(=O)N=C3C=C2)C1. The summed E-state index contributed by atoms with van der Waals surface area (Å²) in [5.74, 6) is -0.955. The van der Waals surface area contributed by atoms with E-state index in [0.717, 1.165) is 0 Å². The highest BCUT2D eigenvalue weighted by atomic mass is 32.2. The normalized spacial score (nSPS) is 28.9. The molecule has 0 aliphatic carbocycles. The molecule has 1 atom stereocenters. The Kier molecular flexibility index (Phi) is 3.55. The molecular formula is C14H17N3O5S. The number of nitrogens with zero attached hydrogens (tertiary/aromatic N) is 3. The third-order valence-electron chi connectivity index (χ3n) is 4.35. The molecule has 8 nitrogen and oxygen atoms in total. The van der Waals surface area contributed by atoms with Crippen molar-refractivity contribution in [3.05, 3.63) is 23.9 Å². The van der Waals surface area contributed by atoms with Crippen molar-refractivity contribution in [2.45, 2.75) is 13.3 Å². The van der Waals surface area contributed by atoms with Crippen LogP contribution in [0.25, 0.3) is 0 Å². The van der Waals surface area contributed by atoms with Crippen LogP contribution in [0.4, 0.5) is 0 Å². The lowest BCUT2D eigenvalue weighted by Gasteiger charge is -2.28. The Morgan fingerprint density at radius 2 is 2.04 bits per heavy atom. The van der Waals surface area contributed by atoms with Gasteiger partial charge in [-0.05, 0) is 25.5 Å². The lowest BCUT2D eigenvalue weighted by Crippen LogP contribution is -2.39. The maximum Gasteiger partial charge on any atom is 0.311 e. The van der Waals surface area contributed by atoms with Crippen molar-refractivity contribution < 1.29 is 23.1 Å². The summed E-state index contributed by atoms with van der Waals surface area (Å²) < 4.78 is 26.6. The van der Waals surface area contributed by atoms with E-state index in [0.29, 0.717) is 24.4 Å². The Bertz CT molecular complexity index is 767. The molecule has 3 rings (SSSR count). The molecule has 0 aromatic carbocycles. The van der Waals surface area contributed by atoms with E-state index in [4.69, 9.17) is 0 Å². The van der Waals surface area contributed by atoms with Gasteiger partial charge in [-0.25, -0.2) is 8.42 Å². The highest BCUT2D eigenvalue weighted by Crippen LogP contribution is 2.31. The van der Waals surface area contributed by atoms with E-state index < -0.39 is 21.4 Å². The van der Waals surface area contributed by atoms with Crippen molar-refractivity contribution in [2.24, 2.45) is 9.81 Å². The fourth-order valence-corrected chi connectivity index (χ4v) is 3.79. The highest BCUT2D eigenvalue weighted by molar-refractivity contribution is 7.90. The van der Waals surface area contributed by atoms with Crippen molar-refractivity contribution in [1.82, 2.24) is 9.80 Å². The number of hydrogen-bond donors (Lipinski definition) is 1. The number of carboxylic acid groups (broad SMARTS) is 1. The second-order valence-corrected chi connectivity index (χ2v) is 7.94. The van der Waals surface area contributed by atoms with Crippen molar-refractivity contribution in [3.63, 3.8) is 0 Å². The Labute approximate surface area is 133 Å². The molecular weight excluding hydrogens is 322 g/mol. The topological polar surface area (TPSA) is 107 Å². The van der Waals surface area contributed by atoms with Crippen LogP contribution in [0.1, 0.15) is 13.3 Å². The van der Waals surface area contributed by atoms with Gasteiger partial charge in [-0.2, -0.15) is 0 Å². The van der Waals surface area contributed by atoms with Crippen LogP contribution in [0.3, 0.4) is 0 Å². The van der Waals surface area contributed by atoms with E-state index >= 15 is 0 Å². The number of fused-ring (bicyclic) bond motifs is 1. The summed E-state index contributed by atoms with van der Waals surface area (Å²) in [6, 6.07) is 0. The third-order valence-corrected chi connectivity index (χ3v) is 5.51. The van der Waals surface area contributed by atoms with Gasteiger partial charge in [-0.3, -0.25) is 9.59 Å². The molecule has 0 aromatic rings. The summed E-state index contributed by atoms with van der Waals surface area (Å²) in [6.45, 7) is 2.44. The molecule has 3 aliphatic rings. The van der Waals surface area contributed by atoms with Crippen LogP contribution in [0.5, 0.6) is 0 Å². The summed E-state index contributed by atoms with van der Waals surface area (Å²) in [4.78, 5) is 27.0. The van der Waals surface area contributed by atoms with Gasteiger partial charge in [0.05, 0.1) is 16.7 Å². The number of carbonyl (C=O) groups is 2. The number of hydrogen-bond acceptors (Lipinski definition) is 5. The van der Waals surface area contributed by atoms with Crippen molar-refractivity contribution in [1.29, 1.82) is 0 Å². The molecule has 0 aromatic heterocycles. The first-order chi connectivity index (χ1) is 10.7. The van der Waals surface area contributed by atoms with E-state index in [2.05, 4.69) is 4.40 Å². The molecule has 0 spiro atoms. The molecule has 0 radical (unpaired) electrons. The molecule has 1 fully saturated rings. The van der Waals surface area contributed by atoms with Crippen LogP contribution in [-0.4, -0.2) is 66.4 Å². The highest BCUT2D eigenvalue weighted by Gasteiger charge is 2.42. The van der Waals surface area contributed by atoms with Gasteiger partial charge < -0.3 is 14.9 Å². The molecule has 0 saturated carbocycles. The zero-order valence-electron chi connectivity index (χ0n) is 12.6. The zero-order valence-corrected chi connectivity index (χ0v) is 13.4. The number of carboxylic acids is 1. The van der Waals surface area contributed by atoms with Crippen molar-refractivity contribution in [2.75, 3.05) is 25.4 Å². The zero-order chi connectivity index (χ0) is 16.8. The summed E-state index contributed by atoms with van der Waals surface area (Å²) in [5, 5.41) is 9.24. The van der Waals surface area contributed by atoms with E-state index in [-0.39, 0.29) is 24.7 Å². The predicted octanol–water partition coefficient (Wildman–Crippen LogP) is -0.193. The van der Waals surface area contributed by atoms with Crippen LogP contribution in [-0.2, 0) is 19.6 Å². The Balaban J connectivity index is 1.77. The lowest BCUT2D eigenvalue weighted by molar-refractivity contribution is -0.147. The smallest absolute Gasteiger partial charge is 0.311 e. The maximum atomic E-state index is 12.5. The lowest BCUT2D eigenvalue weighted by atomic mass is 9.90. The number of rotatable bonds is 2. The Morgan fingerprint density at radius 1 is 1.30 bits per heavy atom. The quantitative estimate of drug-likeness (QED) is 0.747. The van der Waals surface area contributed by atoms with E-state index in [9.17, 15) is 23.1 Å². The van der Waals surface area contributed by atoms with Gasteiger partial charge in [-0.15, -0.1) is 4.40 Å². The van der Waals surface area contributed by atoms with Gasteiger partial charge in [0.25, 0.3) is 15.9 Å². The van der Waals surface area contributed by atoms with Gasteiger partial charge in [-0.1, -0.05) is 0 Å². The molecule has 3 heterocycles. The summed E-state index contributed by atoms with van der Waals surface area (Å²) >= 11 is 0. The second-order valence-electron chi connectivity index (χ2n) is 6.19. The van der Waals surface area contributed by atoms with E-state index in [1.807, 2.05) is 0 Å². The first-order valence-electron chi connectivity index (χ1n) is 7.22. The number of aliphatic carboxylic acids is 1. The number of sulfonamides is 1. The van der Waals surface area contributed by atoms with E-state index in [1.165, 1.54) is 17.1 Å². The maximum absolute atomic E-state index is 12.5. The van der Waals surface area contributed by atoms with Crippen LogP contribution in [0.2, 0.25) is 0 Å². The molecule has 9 heteroatoms. The Morgan fingerprint density at radius 3 is 2.70 bits per heavy atom. The summed E-state index contributed by atoms with van der Waals surface area (Å²) in [5.41, 5.74) is -0.515. The first kappa shape index (κ1) is 15.7. The number of carbonyl (C=O) groups excluding carboxylic acids is 1. The predicted molar refractivity (Wildman–Crippen MR) is 82.1 cm³/mol. The number of amides is 1. The summed E-state index contributed by atoms with van der Waals surface area (Å²) in [7, 11) is -3.43. The van der Waals surface area contributed by atoms with Gasteiger partial charge in [0.2, 0.25) is 0 Å².